The molecule has 1 aromatic heterocycles. The Morgan fingerprint density at radius 2 is 1.93 bits per heavy atom. The number of benzene rings is 2. The molecule has 5 atom stereocenters. The molecule has 2 aromatic carbocycles. The van der Waals surface area contributed by atoms with Crippen molar-refractivity contribution in [3.05, 3.63) is 87.7 Å². The number of ether oxygens (including phenoxy) is 2. The van der Waals surface area contributed by atoms with Gasteiger partial charge in [-0.1, -0.05) is 43.6 Å². The maximum absolute atomic E-state index is 13.6. The Labute approximate surface area is 271 Å². The van der Waals surface area contributed by atoms with E-state index < -0.39 is 11.6 Å². The third-order valence-corrected chi connectivity index (χ3v) is 9.86. The number of aliphatic hydroxyl groups is 1. The number of nitrogens with one attached hydrogen (secondary N) is 1. The molecule has 1 heterocycles. The highest BCUT2D eigenvalue weighted by Crippen LogP contribution is 2.41. The molecule has 3 aromatic rings. The van der Waals surface area contributed by atoms with Crippen LogP contribution in [0.25, 0.3) is 0 Å². The lowest BCUT2D eigenvalue weighted by Crippen LogP contribution is -2.48. The average molecular weight is 633 g/mol. The van der Waals surface area contributed by atoms with E-state index in [9.17, 15) is 14.7 Å². The highest BCUT2D eigenvalue weighted by molar-refractivity contribution is 6.30. The first-order valence-corrected chi connectivity index (χ1v) is 16.5. The summed E-state index contributed by atoms with van der Waals surface area (Å²) >= 11 is 6.31. The number of hydrogen-bond donors (Lipinski definition) is 2. The predicted octanol–water partition coefficient (Wildman–Crippen LogP) is 7.88. The van der Waals surface area contributed by atoms with Gasteiger partial charge in [0.1, 0.15) is 11.3 Å². The first-order valence-electron chi connectivity index (χ1n) is 16.1. The molecule has 2 N–H and O–H groups in total. The van der Waals surface area contributed by atoms with Crippen molar-refractivity contribution in [2.75, 3.05) is 19.0 Å². The largest absolute Gasteiger partial charge is 0.493 e. The van der Waals surface area contributed by atoms with Gasteiger partial charge in [0.25, 0.3) is 0 Å². The first kappa shape index (κ1) is 33.0. The van der Waals surface area contributed by atoms with Crippen molar-refractivity contribution >= 4 is 29.0 Å². The summed E-state index contributed by atoms with van der Waals surface area (Å²) in [6.45, 7) is 6.49. The van der Waals surface area contributed by atoms with Crippen molar-refractivity contribution < 1.29 is 24.2 Å². The molecule has 2 aliphatic carbocycles. The van der Waals surface area contributed by atoms with E-state index in [2.05, 4.69) is 30.2 Å². The zero-order chi connectivity index (χ0) is 32.1. The number of carbonyl (C=O) groups is 2. The molecule has 240 valence electrons. The highest BCUT2D eigenvalue weighted by atomic mass is 35.5. The minimum Gasteiger partial charge on any atom is -0.493 e. The maximum atomic E-state index is 13.6. The summed E-state index contributed by atoms with van der Waals surface area (Å²) in [5.41, 5.74) is 4.56. The molecule has 0 saturated carbocycles. The molecule has 0 spiro atoms. The fourth-order valence-corrected chi connectivity index (χ4v) is 7.34. The fourth-order valence-electron chi connectivity index (χ4n) is 7.15. The van der Waals surface area contributed by atoms with Crippen molar-refractivity contribution in [3.8, 4) is 5.75 Å². The summed E-state index contributed by atoms with van der Waals surface area (Å²) in [4.78, 5) is 30.4. The SMILES string of the molecule is COC(=O)[C@@]1(Nc2cccc(Cl)c2)CCc2cc(C(C)=O)ccc2C[C@H](C[C@@H](C)COc2ccnc3c2[C@H](C)CC[C@H]3O)CC1. The second-order valence-electron chi connectivity index (χ2n) is 13.1. The number of aliphatic hydroxyl groups excluding tert-OH is 1. The van der Waals surface area contributed by atoms with Crippen molar-refractivity contribution in [2.24, 2.45) is 11.8 Å². The quantitative estimate of drug-likeness (QED) is 0.183. The van der Waals surface area contributed by atoms with Crippen LogP contribution in [0.1, 0.15) is 104 Å². The van der Waals surface area contributed by atoms with E-state index in [0.717, 1.165) is 60.4 Å². The lowest BCUT2D eigenvalue weighted by molar-refractivity contribution is -0.146. The number of halogens is 1. The predicted molar refractivity (Wildman–Crippen MR) is 177 cm³/mol. The van der Waals surface area contributed by atoms with Gasteiger partial charge in [-0.05, 0) is 118 Å². The Bertz CT molecular complexity index is 1530. The minimum absolute atomic E-state index is 0.0245. The summed E-state index contributed by atoms with van der Waals surface area (Å²) in [5.74, 6) is 1.31. The molecule has 0 saturated heterocycles. The average Bonchev–Trinajstić information content (AvgIpc) is 3.09. The van der Waals surface area contributed by atoms with E-state index in [1.165, 1.54) is 12.7 Å². The number of aromatic nitrogens is 1. The molecular weight excluding hydrogens is 588 g/mol. The Hall–Kier alpha value is -3.42. The zero-order valence-electron chi connectivity index (χ0n) is 26.8. The van der Waals surface area contributed by atoms with Gasteiger partial charge in [0.05, 0.1) is 25.5 Å². The number of esters is 1. The molecule has 0 radical (unpaired) electrons. The molecule has 0 aliphatic heterocycles. The van der Waals surface area contributed by atoms with E-state index in [1.54, 1.807) is 13.1 Å². The fraction of sp³-hybridized carbons (Fsp3) is 0.486. The number of methoxy groups -OCH3 is 1. The molecular formula is C37H45ClN2O5. The molecule has 5 rings (SSSR count). The van der Waals surface area contributed by atoms with Crippen LogP contribution in [-0.4, -0.2) is 41.1 Å². The Balaban J connectivity index is 1.40. The van der Waals surface area contributed by atoms with Gasteiger partial charge < -0.3 is 19.9 Å². The van der Waals surface area contributed by atoms with Crippen molar-refractivity contribution in [1.29, 1.82) is 0 Å². The number of anilines is 1. The van der Waals surface area contributed by atoms with Crippen LogP contribution in [0.5, 0.6) is 5.75 Å². The van der Waals surface area contributed by atoms with Crippen LogP contribution in [0.2, 0.25) is 5.02 Å². The van der Waals surface area contributed by atoms with Gasteiger partial charge >= 0.3 is 5.97 Å². The van der Waals surface area contributed by atoms with Crippen LogP contribution >= 0.6 is 11.6 Å². The van der Waals surface area contributed by atoms with E-state index in [1.807, 2.05) is 42.5 Å². The highest BCUT2D eigenvalue weighted by Gasteiger charge is 2.41. The number of fused-ring (bicyclic) bond motifs is 2. The van der Waals surface area contributed by atoms with Crippen molar-refractivity contribution in [1.82, 2.24) is 4.98 Å². The molecule has 0 amide bonds. The van der Waals surface area contributed by atoms with E-state index in [-0.39, 0.29) is 29.5 Å². The summed E-state index contributed by atoms with van der Waals surface area (Å²) in [5, 5.41) is 14.6. The number of carbonyl (C=O) groups excluding carboxylic acids is 2. The van der Waals surface area contributed by atoms with Gasteiger partial charge in [0, 0.05) is 28.0 Å². The number of rotatable bonds is 9. The summed E-state index contributed by atoms with van der Waals surface area (Å²) in [6.07, 6.45) is 7.08. The molecule has 8 heteroatoms. The normalized spacial score (nSPS) is 23.7. The van der Waals surface area contributed by atoms with E-state index in [4.69, 9.17) is 21.1 Å². The number of pyridine rings is 1. The number of aryl methyl sites for hydroxylation is 1. The number of ketones is 1. The first-order chi connectivity index (χ1) is 21.6. The molecule has 0 fully saturated rings. The van der Waals surface area contributed by atoms with Crippen molar-refractivity contribution in [2.45, 2.75) is 89.7 Å². The van der Waals surface area contributed by atoms with Gasteiger partial charge in [-0.15, -0.1) is 0 Å². The summed E-state index contributed by atoms with van der Waals surface area (Å²) < 4.78 is 11.8. The third kappa shape index (κ3) is 7.70. The van der Waals surface area contributed by atoms with Gasteiger partial charge in [0.2, 0.25) is 0 Å². The van der Waals surface area contributed by atoms with Crippen LogP contribution in [0.4, 0.5) is 5.69 Å². The summed E-state index contributed by atoms with van der Waals surface area (Å²) in [7, 11) is 1.44. The molecule has 45 heavy (non-hydrogen) atoms. The van der Waals surface area contributed by atoms with E-state index >= 15 is 0 Å². The molecule has 0 unspecified atom stereocenters. The zero-order valence-corrected chi connectivity index (χ0v) is 27.5. The number of Topliss-reactive ketones (excluding diaryl/α,β-unsaturated/α-hetero) is 1. The monoisotopic (exact) mass is 632 g/mol. The smallest absolute Gasteiger partial charge is 0.331 e. The van der Waals surface area contributed by atoms with Crippen LogP contribution < -0.4 is 10.1 Å². The van der Waals surface area contributed by atoms with Crippen molar-refractivity contribution in [3.63, 3.8) is 0 Å². The molecule has 7 nitrogen and oxygen atoms in total. The topological polar surface area (TPSA) is 97.8 Å². The van der Waals surface area contributed by atoms with Crippen LogP contribution in [-0.2, 0) is 22.4 Å². The van der Waals surface area contributed by atoms with Gasteiger partial charge in [0.15, 0.2) is 5.78 Å². The lowest BCUT2D eigenvalue weighted by atomic mass is 9.82. The second kappa shape index (κ2) is 14.3. The lowest BCUT2D eigenvalue weighted by Gasteiger charge is -2.34. The number of hydrogen-bond acceptors (Lipinski definition) is 7. The van der Waals surface area contributed by atoms with Crippen LogP contribution in [0, 0.1) is 11.8 Å². The van der Waals surface area contributed by atoms with Gasteiger partial charge in [-0.2, -0.15) is 0 Å². The Morgan fingerprint density at radius 1 is 1.11 bits per heavy atom. The molecule has 0 bridgehead atoms. The third-order valence-electron chi connectivity index (χ3n) is 9.63. The number of nitrogens with zero attached hydrogens (tertiary/aromatic N) is 1. The van der Waals surface area contributed by atoms with Crippen LogP contribution in [0.15, 0.2) is 54.7 Å². The minimum atomic E-state index is -0.960. The van der Waals surface area contributed by atoms with E-state index in [0.29, 0.717) is 36.5 Å². The van der Waals surface area contributed by atoms with Crippen LogP contribution in [0.3, 0.4) is 0 Å². The van der Waals surface area contributed by atoms with Gasteiger partial charge in [-0.3, -0.25) is 9.78 Å². The molecule has 2 aliphatic rings. The van der Waals surface area contributed by atoms with Gasteiger partial charge in [-0.25, -0.2) is 4.79 Å². The Morgan fingerprint density at radius 3 is 2.69 bits per heavy atom. The maximum Gasteiger partial charge on any atom is 0.331 e. The second-order valence-corrected chi connectivity index (χ2v) is 13.5. The Kier molecular flexibility index (Phi) is 10.5. The summed E-state index contributed by atoms with van der Waals surface area (Å²) in [6, 6.07) is 15.3. The standard InChI is InChI=1S/C37H45ClN2O5/c1-23(22-45-33-14-17-39-35-32(42)11-8-24(2)34(33)35)18-26-12-15-37(36(43)44-4,40-31-7-5-6-30(38)21-31)16-13-29-20-27(25(3)41)9-10-28(29)19-26/h5-7,9-10,14,17,20-21,23-24,26,32,40,42H,8,11-13,15-16,18-19,22H2,1-4H3/t23-,24-,26+,32-,37+/m1/s1.